The highest BCUT2D eigenvalue weighted by Crippen LogP contribution is 2.18. The number of nitrogens with zero attached hydrogens (tertiary/aromatic N) is 1. The number of halogens is 1. The molecule has 0 saturated heterocycles. The molecule has 0 aliphatic heterocycles. The number of nitrogens with one attached hydrogen (secondary N) is 2. The lowest BCUT2D eigenvalue weighted by atomic mass is 10.1. The summed E-state index contributed by atoms with van der Waals surface area (Å²) in [5.74, 6) is 0.811. The molecule has 2 aromatic carbocycles. The van der Waals surface area contributed by atoms with Crippen molar-refractivity contribution in [2.45, 2.75) is 39.2 Å². The molecular weight excluding hydrogens is 405 g/mol. The fourth-order valence-corrected chi connectivity index (χ4v) is 3.70. The summed E-state index contributed by atoms with van der Waals surface area (Å²) >= 11 is 0. The molecule has 164 valence electrons. The quantitative estimate of drug-likeness (QED) is 0.467. The first-order chi connectivity index (χ1) is 14.2. The molecule has 0 spiro atoms. The predicted octanol–water partition coefficient (Wildman–Crippen LogP) is 3.20. The predicted molar refractivity (Wildman–Crippen MR) is 119 cm³/mol. The number of hydrogen-bond acceptors (Lipinski definition) is 4. The molecule has 0 amide bonds. The van der Waals surface area contributed by atoms with Gasteiger partial charge in [0.25, 0.3) is 0 Å². The van der Waals surface area contributed by atoms with E-state index >= 15 is 0 Å². The standard InChI is InChI=1S/C22H30FN3O3S/c1-5-24-22(25-13-17(3)29-21-9-7-6-8-16(21)2)26-14-19-12-20(23)11-10-18(19)15-30(4,27)28/h6-12,17H,5,13-15H2,1-4H3,(H2,24,25,26). The third kappa shape index (κ3) is 8.02. The van der Waals surface area contributed by atoms with Crippen molar-refractivity contribution in [2.75, 3.05) is 19.3 Å². The van der Waals surface area contributed by atoms with Crippen LogP contribution in [0.4, 0.5) is 4.39 Å². The van der Waals surface area contributed by atoms with Gasteiger partial charge >= 0.3 is 0 Å². The second-order valence-electron chi connectivity index (χ2n) is 7.25. The van der Waals surface area contributed by atoms with Gasteiger partial charge in [0.05, 0.1) is 18.8 Å². The molecule has 0 heterocycles. The largest absolute Gasteiger partial charge is 0.489 e. The maximum Gasteiger partial charge on any atom is 0.191 e. The number of para-hydroxylation sites is 1. The van der Waals surface area contributed by atoms with Crippen LogP contribution in [0.5, 0.6) is 5.75 Å². The smallest absolute Gasteiger partial charge is 0.191 e. The van der Waals surface area contributed by atoms with E-state index in [9.17, 15) is 12.8 Å². The van der Waals surface area contributed by atoms with E-state index in [0.29, 0.717) is 30.2 Å². The summed E-state index contributed by atoms with van der Waals surface area (Å²) < 4.78 is 43.0. The zero-order valence-electron chi connectivity index (χ0n) is 17.9. The first kappa shape index (κ1) is 23.7. The Morgan fingerprint density at radius 1 is 1.17 bits per heavy atom. The maximum atomic E-state index is 13.7. The molecule has 2 rings (SSSR count). The van der Waals surface area contributed by atoms with Crippen molar-refractivity contribution in [1.82, 2.24) is 10.6 Å². The Hall–Kier alpha value is -2.61. The van der Waals surface area contributed by atoms with Crippen LogP contribution in [0.1, 0.15) is 30.5 Å². The van der Waals surface area contributed by atoms with Gasteiger partial charge in [-0.15, -0.1) is 0 Å². The highest BCUT2D eigenvalue weighted by molar-refractivity contribution is 7.89. The van der Waals surface area contributed by atoms with Crippen LogP contribution in [0.25, 0.3) is 0 Å². The van der Waals surface area contributed by atoms with E-state index in [-0.39, 0.29) is 18.4 Å². The summed E-state index contributed by atoms with van der Waals surface area (Å²) in [6.07, 6.45) is 1.05. The number of benzene rings is 2. The van der Waals surface area contributed by atoms with E-state index in [1.165, 1.54) is 18.2 Å². The molecule has 0 fully saturated rings. The lowest BCUT2D eigenvalue weighted by molar-refractivity contribution is 0.222. The molecule has 0 aromatic heterocycles. The van der Waals surface area contributed by atoms with Gasteiger partial charge in [-0.1, -0.05) is 24.3 Å². The van der Waals surface area contributed by atoms with E-state index in [4.69, 9.17) is 4.74 Å². The normalized spacial score (nSPS) is 13.0. The van der Waals surface area contributed by atoms with Gasteiger partial charge in [-0.25, -0.2) is 17.8 Å². The minimum Gasteiger partial charge on any atom is -0.489 e. The van der Waals surface area contributed by atoms with Gasteiger partial charge in [-0.3, -0.25) is 0 Å². The van der Waals surface area contributed by atoms with Crippen molar-refractivity contribution in [3.63, 3.8) is 0 Å². The number of aliphatic imine (C=N–C) groups is 1. The van der Waals surface area contributed by atoms with Crippen molar-refractivity contribution in [2.24, 2.45) is 4.99 Å². The maximum absolute atomic E-state index is 13.7. The Morgan fingerprint density at radius 3 is 2.57 bits per heavy atom. The molecule has 0 bridgehead atoms. The second-order valence-corrected chi connectivity index (χ2v) is 9.39. The lowest BCUT2D eigenvalue weighted by Gasteiger charge is -2.19. The van der Waals surface area contributed by atoms with Gasteiger partial charge < -0.3 is 15.4 Å². The summed E-state index contributed by atoms with van der Waals surface area (Å²) in [6, 6.07) is 11.9. The molecule has 1 atom stereocenters. The summed E-state index contributed by atoms with van der Waals surface area (Å²) in [7, 11) is -3.23. The summed E-state index contributed by atoms with van der Waals surface area (Å²) in [5.41, 5.74) is 2.16. The third-order valence-electron chi connectivity index (χ3n) is 4.32. The Balaban J connectivity index is 2.05. The van der Waals surface area contributed by atoms with Crippen LogP contribution in [0.3, 0.4) is 0 Å². The number of aryl methyl sites for hydroxylation is 1. The molecule has 0 aliphatic carbocycles. The van der Waals surface area contributed by atoms with E-state index in [0.717, 1.165) is 17.6 Å². The van der Waals surface area contributed by atoms with Gasteiger partial charge in [0, 0.05) is 12.8 Å². The zero-order chi connectivity index (χ0) is 22.1. The number of rotatable bonds is 9. The molecule has 0 aliphatic rings. The summed E-state index contributed by atoms with van der Waals surface area (Å²) in [6.45, 7) is 7.22. The van der Waals surface area contributed by atoms with Crippen molar-refractivity contribution in [3.05, 3.63) is 65.0 Å². The van der Waals surface area contributed by atoms with Crippen LogP contribution in [-0.2, 0) is 22.1 Å². The minimum atomic E-state index is -3.23. The van der Waals surface area contributed by atoms with E-state index in [1.54, 1.807) is 0 Å². The Labute approximate surface area is 178 Å². The van der Waals surface area contributed by atoms with Crippen LogP contribution >= 0.6 is 0 Å². The molecule has 30 heavy (non-hydrogen) atoms. The lowest BCUT2D eigenvalue weighted by Crippen LogP contribution is -2.41. The van der Waals surface area contributed by atoms with Gasteiger partial charge in [-0.2, -0.15) is 0 Å². The van der Waals surface area contributed by atoms with E-state index in [1.807, 2.05) is 45.0 Å². The molecule has 2 N–H and O–H groups in total. The van der Waals surface area contributed by atoms with E-state index < -0.39 is 15.7 Å². The van der Waals surface area contributed by atoms with Crippen LogP contribution in [-0.4, -0.2) is 39.8 Å². The Morgan fingerprint density at radius 2 is 1.90 bits per heavy atom. The molecule has 2 aromatic rings. The summed E-state index contributed by atoms with van der Waals surface area (Å²) in [5, 5.41) is 6.35. The van der Waals surface area contributed by atoms with Crippen molar-refractivity contribution < 1.29 is 17.5 Å². The number of ether oxygens (including phenoxy) is 1. The van der Waals surface area contributed by atoms with Crippen LogP contribution in [0.2, 0.25) is 0 Å². The highest BCUT2D eigenvalue weighted by Gasteiger charge is 2.11. The monoisotopic (exact) mass is 435 g/mol. The molecule has 1 unspecified atom stereocenters. The van der Waals surface area contributed by atoms with Gasteiger partial charge in [0.15, 0.2) is 15.8 Å². The van der Waals surface area contributed by atoms with E-state index in [2.05, 4.69) is 15.6 Å². The van der Waals surface area contributed by atoms with Crippen LogP contribution in [0.15, 0.2) is 47.5 Å². The number of sulfone groups is 1. The number of hydrogen-bond donors (Lipinski definition) is 2. The minimum absolute atomic E-state index is 0.107. The molecule has 6 nitrogen and oxygen atoms in total. The van der Waals surface area contributed by atoms with Gasteiger partial charge in [0.1, 0.15) is 17.7 Å². The van der Waals surface area contributed by atoms with Crippen LogP contribution in [0, 0.1) is 12.7 Å². The third-order valence-corrected chi connectivity index (χ3v) is 5.15. The molecule has 8 heteroatoms. The molecule has 0 radical (unpaired) electrons. The van der Waals surface area contributed by atoms with Gasteiger partial charge in [-0.05, 0) is 55.7 Å². The second kappa shape index (κ2) is 11.0. The zero-order valence-corrected chi connectivity index (χ0v) is 18.7. The number of guanidine groups is 1. The first-order valence-electron chi connectivity index (χ1n) is 9.87. The van der Waals surface area contributed by atoms with Crippen molar-refractivity contribution in [1.29, 1.82) is 0 Å². The Bertz CT molecular complexity index is 977. The fourth-order valence-electron chi connectivity index (χ4n) is 2.86. The SMILES string of the molecule is CCNC(=NCc1cc(F)ccc1CS(C)(=O)=O)NCC(C)Oc1ccccc1C. The Kier molecular flexibility index (Phi) is 8.65. The average molecular weight is 436 g/mol. The average Bonchev–Trinajstić information content (AvgIpc) is 2.66. The molecule has 0 saturated carbocycles. The molecular formula is C22H30FN3O3S. The summed E-state index contributed by atoms with van der Waals surface area (Å²) in [4.78, 5) is 4.49. The van der Waals surface area contributed by atoms with Crippen molar-refractivity contribution >= 4 is 15.8 Å². The van der Waals surface area contributed by atoms with Gasteiger partial charge in [0.2, 0.25) is 0 Å². The highest BCUT2D eigenvalue weighted by atomic mass is 32.2. The topological polar surface area (TPSA) is 79.8 Å². The first-order valence-corrected chi connectivity index (χ1v) is 11.9. The van der Waals surface area contributed by atoms with Crippen LogP contribution < -0.4 is 15.4 Å². The fraction of sp³-hybridized carbons (Fsp3) is 0.409. The van der Waals surface area contributed by atoms with Crippen molar-refractivity contribution in [3.8, 4) is 5.75 Å².